The largest absolute Gasteiger partial charge is 0.330 e. The normalized spacial score (nSPS) is 10.1. The highest BCUT2D eigenvalue weighted by Gasteiger charge is 2.06. The summed E-state index contributed by atoms with van der Waals surface area (Å²) in [6.45, 7) is 4.10. The molecule has 2 aromatic rings. The van der Waals surface area contributed by atoms with Gasteiger partial charge in [-0.05, 0) is 31.0 Å². The smallest absolute Gasteiger partial charge is 0.210 e. The Morgan fingerprint density at radius 1 is 1.39 bits per heavy atom. The summed E-state index contributed by atoms with van der Waals surface area (Å²) in [7, 11) is 0. The van der Waals surface area contributed by atoms with Crippen LogP contribution in [-0.4, -0.2) is 16.0 Å². The van der Waals surface area contributed by atoms with Crippen LogP contribution in [0.5, 0.6) is 0 Å². The second-order valence-electron chi connectivity index (χ2n) is 3.76. The number of benzene rings is 1. The Morgan fingerprint density at radius 3 is 3.00 bits per heavy atom. The molecule has 1 aromatic heterocycles. The molecule has 1 heterocycles. The number of anilines is 2. The maximum atomic E-state index is 8.51. The molecule has 92 valence electrons. The van der Waals surface area contributed by atoms with Crippen LogP contribution in [0.15, 0.2) is 22.5 Å². The van der Waals surface area contributed by atoms with Crippen molar-refractivity contribution in [2.75, 3.05) is 11.1 Å². The van der Waals surface area contributed by atoms with E-state index in [-0.39, 0.29) is 0 Å². The lowest BCUT2D eigenvalue weighted by atomic mass is 10.1. The van der Waals surface area contributed by atoms with Gasteiger partial charge < -0.3 is 5.32 Å². The highest BCUT2D eigenvalue weighted by atomic mass is 32.2. The van der Waals surface area contributed by atoms with Crippen LogP contribution < -0.4 is 5.32 Å². The summed E-state index contributed by atoms with van der Waals surface area (Å²) >= 11 is 2.86. The molecule has 0 fully saturated rings. The van der Waals surface area contributed by atoms with Gasteiger partial charge in [-0.1, -0.05) is 35.2 Å². The Morgan fingerprint density at radius 2 is 2.22 bits per heavy atom. The summed E-state index contributed by atoms with van der Waals surface area (Å²) in [6.07, 6.45) is 0. The lowest BCUT2D eigenvalue weighted by Crippen LogP contribution is -1.93. The lowest BCUT2D eigenvalue weighted by Gasteiger charge is -2.06. The third-order valence-corrected chi connectivity index (χ3v) is 4.14. The highest BCUT2D eigenvalue weighted by Crippen LogP contribution is 2.28. The summed E-state index contributed by atoms with van der Waals surface area (Å²) in [5.41, 5.74) is 3.41. The van der Waals surface area contributed by atoms with Crippen molar-refractivity contribution in [1.29, 1.82) is 5.26 Å². The molecule has 4 nitrogen and oxygen atoms in total. The van der Waals surface area contributed by atoms with Crippen molar-refractivity contribution >= 4 is 33.9 Å². The quantitative estimate of drug-likeness (QED) is 0.866. The standard InChI is InChI=1S/C12H12N4S2/c1-8-3-4-9(2)10(7-8)14-11-15-16-12(18-11)17-6-5-13/h3-4,7H,6H2,1-2H3,(H,14,15). The van der Waals surface area contributed by atoms with E-state index in [2.05, 4.69) is 46.7 Å². The summed E-state index contributed by atoms with van der Waals surface area (Å²) in [4.78, 5) is 0. The zero-order chi connectivity index (χ0) is 13.0. The van der Waals surface area contributed by atoms with Crippen molar-refractivity contribution in [3.05, 3.63) is 29.3 Å². The van der Waals surface area contributed by atoms with E-state index in [9.17, 15) is 0 Å². The van der Waals surface area contributed by atoms with Crippen molar-refractivity contribution in [2.45, 2.75) is 18.2 Å². The van der Waals surface area contributed by atoms with Gasteiger partial charge >= 0.3 is 0 Å². The molecule has 0 aliphatic carbocycles. The van der Waals surface area contributed by atoms with E-state index in [4.69, 9.17) is 5.26 Å². The Hall–Kier alpha value is -1.58. The molecule has 0 aliphatic rings. The molecule has 0 unspecified atom stereocenters. The zero-order valence-corrected chi connectivity index (χ0v) is 11.7. The van der Waals surface area contributed by atoms with Crippen molar-refractivity contribution in [2.24, 2.45) is 0 Å². The van der Waals surface area contributed by atoms with Crippen molar-refractivity contribution in [3.8, 4) is 6.07 Å². The molecule has 1 aromatic carbocycles. The predicted molar refractivity (Wildman–Crippen MR) is 75.4 cm³/mol. The van der Waals surface area contributed by atoms with E-state index < -0.39 is 0 Å². The highest BCUT2D eigenvalue weighted by molar-refractivity contribution is 8.01. The zero-order valence-electron chi connectivity index (χ0n) is 10.1. The minimum Gasteiger partial charge on any atom is -0.330 e. The van der Waals surface area contributed by atoms with E-state index in [1.807, 2.05) is 6.92 Å². The number of nitrogens with one attached hydrogen (secondary N) is 1. The van der Waals surface area contributed by atoms with Gasteiger partial charge in [0.25, 0.3) is 0 Å². The second-order valence-corrected chi connectivity index (χ2v) is 5.96. The first-order valence-corrected chi connectivity index (χ1v) is 7.17. The van der Waals surface area contributed by atoms with Gasteiger partial charge in [-0.3, -0.25) is 0 Å². The molecular formula is C12H12N4S2. The van der Waals surface area contributed by atoms with Crippen LogP contribution in [0.3, 0.4) is 0 Å². The fraction of sp³-hybridized carbons (Fsp3) is 0.250. The maximum absolute atomic E-state index is 8.51. The Kier molecular flexibility index (Phi) is 4.18. The number of thioether (sulfide) groups is 1. The molecule has 1 N–H and O–H groups in total. The molecule has 0 amide bonds. The van der Waals surface area contributed by atoms with E-state index in [1.165, 1.54) is 34.2 Å². The van der Waals surface area contributed by atoms with E-state index in [0.29, 0.717) is 5.75 Å². The van der Waals surface area contributed by atoms with Gasteiger partial charge in [-0.25, -0.2) is 0 Å². The van der Waals surface area contributed by atoms with Gasteiger partial charge in [0.15, 0.2) is 4.34 Å². The molecule has 2 rings (SSSR count). The van der Waals surface area contributed by atoms with Crippen LogP contribution in [0.4, 0.5) is 10.8 Å². The molecule has 0 spiro atoms. The van der Waals surface area contributed by atoms with Crippen LogP contribution in [0.25, 0.3) is 0 Å². The van der Waals surface area contributed by atoms with Crippen molar-refractivity contribution in [1.82, 2.24) is 10.2 Å². The average Bonchev–Trinajstić information content (AvgIpc) is 2.79. The fourth-order valence-corrected chi connectivity index (χ4v) is 2.82. The predicted octanol–water partition coefficient (Wildman–Crippen LogP) is 3.51. The maximum Gasteiger partial charge on any atom is 0.210 e. The topological polar surface area (TPSA) is 61.6 Å². The summed E-state index contributed by atoms with van der Waals surface area (Å²) in [5, 5.41) is 20.6. The van der Waals surface area contributed by atoms with Gasteiger partial charge in [0.2, 0.25) is 5.13 Å². The number of aryl methyl sites for hydroxylation is 2. The average molecular weight is 276 g/mol. The Balaban J connectivity index is 2.11. The summed E-state index contributed by atoms with van der Waals surface area (Å²) in [6, 6.07) is 8.31. The summed E-state index contributed by atoms with van der Waals surface area (Å²) < 4.78 is 0.810. The molecular weight excluding hydrogens is 264 g/mol. The number of nitriles is 1. The monoisotopic (exact) mass is 276 g/mol. The molecule has 0 atom stereocenters. The van der Waals surface area contributed by atoms with Crippen molar-refractivity contribution in [3.63, 3.8) is 0 Å². The molecule has 0 saturated carbocycles. The van der Waals surface area contributed by atoms with Crippen molar-refractivity contribution < 1.29 is 0 Å². The lowest BCUT2D eigenvalue weighted by molar-refractivity contribution is 1.01. The van der Waals surface area contributed by atoms with Crippen LogP contribution in [0.2, 0.25) is 0 Å². The first-order chi connectivity index (χ1) is 8.69. The number of hydrogen-bond donors (Lipinski definition) is 1. The first-order valence-electron chi connectivity index (χ1n) is 5.36. The van der Waals surface area contributed by atoms with Crippen LogP contribution in [0, 0.1) is 25.2 Å². The molecule has 0 saturated heterocycles. The number of rotatable bonds is 4. The van der Waals surface area contributed by atoms with Gasteiger partial charge in [0.05, 0.1) is 11.8 Å². The minimum absolute atomic E-state index is 0.401. The third-order valence-electron chi connectivity index (χ3n) is 2.30. The molecule has 0 bridgehead atoms. The molecule has 0 aliphatic heterocycles. The van der Waals surface area contributed by atoms with Crippen LogP contribution >= 0.6 is 23.1 Å². The molecule has 6 heteroatoms. The van der Waals surface area contributed by atoms with Crippen LogP contribution in [0.1, 0.15) is 11.1 Å². The SMILES string of the molecule is Cc1ccc(C)c(Nc2nnc(SCC#N)s2)c1. The van der Waals surface area contributed by atoms with Gasteiger partial charge in [0, 0.05) is 5.69 Å². The van der Waals surface area contributed by atoms with Gasteiger partial charge in [-0.15, -0.1) is 10.2 Å². The summed E-state index contributed by atoms with van der Waals surface area (Å²) in [5.74, 6) is 0.401. The van der Waals surface area contributed by atoms with Gasteiger partial charge in [0.1, 0.15) is 0 Å². The van der Waals surface area contributed by atoms with E-state index >= 15 is 0 Å². The number of aromatic nitrogens is 2. The van der Waals surface area contributed by atoms with E-state index in [0.717, 1.165) is 15.2 Å². The van der Waals surface area contributed by atoms with Crippen LogP contribution in [-0.2, 0) is 0 Å². The Labute approximate surface area is 114 Å². The second kappa shape index (κ2) is 5.85. The fourth-order valence-electron chi connectivity index (χ4n) is 1.40. The number of nitrogens with zero attached hydrogens (tertiary/aromatic N) is 3. The molecule has 18 heavy (non-hydrogen) atoms. The molecule has 0 radical (unpaired) electrons. The third kappa shape index (κ3) is 3.22. The number of hydrogen-bond acceptors (Lipinski definition) is 6. The Bertz CT molecular complexity index is 586. The minimum atomic E-state index is 0.401. The first kappa shape index (κ1) is 12.9. The van der Waals surface area contributed by atoms with E-state index in [1.54, 1.807) is 0 Å². The van der Waals surface area contributed by atoms with Gasteiger partial charge in [-0.2, -0.15) is 5.26 Å².